The lowest BCUT2D eigenvalue weighted by Crippen LogP contribution is -2.48. The van der Waals surface area contributed by atoms with Crippen molar-refractivity contribution in [3.8, 4) is 0 Å². The predicted octanol–water partition coefficient (Wildman–Crippen LogP) is 8.41. The first-order valence-electron chi connectivity index (χ1n) is 14.9. The molecule has 5 rings (SSSR count). The smallest absolute Gasteiger partial charge is 0.143 e. The molecule has 220 valence electrons. The lowest BCUT2D eigenvalue weighted by molar-refractivity contribution is -0.0580. The van der Waals surface area contributed by atoms with Gasteiger partial charge in [-0.2, -0.15) is 0 Å². The molecule has 0 saturated carbocycles. The fraction of sp³-hybridized carbons (Fsp3) is 0.351. The van der Waals surface area contributed by atoms with Crippen LogP contribution in [-0.4, -0.2) is 40.0 Å². The number of hydrogen-bond acceptors (Lipinski definition) is 5. The Hall–Kier alpha value is -2.54. The van der Waals surface area contributed by atoms with E-state index in [4.69, 9.17) is 9.47 Å². The first-order valence-corrected chi connectivity index (χ1v) is 16.9. The highest BCUT2D eigenvalue weighted by atomic mass is 32.2. The summed E-state index contributed by atoms with van der Waals surface area (Å²) in [6.07, 6.45) is 0.530. The second-order valence-electron chi connectivity index (χ2n) is 11.1. The van der Waals surface area contributed by atoms with Gasteiger partial charge in [0.15, 0.2) is 0 Å². The summed E-state index contributed by atoms with van der Waals surface area (Å²) in [5, 5.41) is 11.9. The minimum Gasteiger partial charge on any atom is -0.390 e. The SMILES string of the molecule is C[C@@H](COCc1ccccc1)C1([C@@H](C)[C@H](O)COC(c2ccccc2)(c2ccccc2)c2ccccc2)SCCCS1. The number of ether oxygens (including phenoxy) is 2. The van der Waals surface area contributed by atoms with Gasteiger partial charge in [-0.3, -0.25) is 0 Å². The van der Waals surface area contributed by atoms with Crippen LogP contribution in [0.25, 0.3) is 0 Å². The second kappa shape index (κ2) is 14.8. The van der Waals surface area contributed by atoms with Gasteiger partial charge in [0.1, 0.15) is 5.60 Å². The van der Waals surface area contributed by atoms with E-state index in [9.17, 15) is 5.11 Å². The van der Waals surface area contributed by atoms with E-state index in [0.29, 0.717) is 13.2 Å². The van der Waals surface area contributed by atoms with Crippen molar-refractivity contribution in [3.05, 3.63) is 144 Å². The first-order chi connectivity index (χ1) is 20.6. The summed E-state index contributed by atoms with van der Waals surface area (Å²) in [5.74, 6) is 2.43. The molecule has 0 amide bonds. The molecule has 42 heavy (non-hydrogen) atoms. The monoisotopic (exact) mass is 598 g/mol. The first kappa shape index (κ1) is 30.9. The molecule has 0 spiro atoms. The topological polar surface area (TPSA) is 38.7 Å². The zero-order valence-electron chi connectivity index (χ0n) is 24.6. The normalized spacial score (nSPS) is 17.3. The molecule has 1 heterocycles. The molecular formula is C37H42O3S2. The van der Waals surface area contributed by atoms with Crippen molar-refractivity contribution < 1.29 is 14.6 Å². The van der Waals surface area contributed by atoms with E-state index >= 15 is 0 Å². The molecule has 1 N–H and O–H groups in total. The predicted molar refractivity (Wildman–Crippen MR) is 178 cm³/mol. The van der Waals surface area contributed by atoms with E-state index < -0.39 is 11.7 Å². The third kappa shape index (κ3) is 6.82. The minimum absolute atomic E-state index is 0.0110. The molecule has 1 fully saturated rings. The van der Waals surface area contributed by atoms with Crippen LogP contribution in [0.15, 0.2) is 121 Å². The summed E-state index contributed by atoms with van der Waals surface area (Å²) >= 11 is 3.98. The molecule has 4 aromatic carbocycles. The summed E-state index contributed by atoms with van der Waals surface area (Å²) in [5.41, 5.74) is 3.46. The summed E-state index contributed by atoms with van der Waals surface area (Å²) in [6, 6.07) is 41.5. The van der Waals surface area contributed by atoms with Crippen LogP contribution in [0.2, 0.25) is 0 Å². The van der Waals surface area contributed by atoms with E-state index in [0.717, 1.165) is 28.2 Å². The van der Waals surface area contributed by atoms with Crippen molar-refractivity contribution in [2.45, 2.75) is 42.7 Å². The maximum atomic E-state index is 11.9. The van der Waals surface area contributed by atoms with Gasteiger partial charge >= 0.3 is 0 Å². The Morgan fingerprint density at radius 2 is 1.14 bits per heavy atom. The van der Waals surface area contributed by atoms with Crippen LogP contribution >= 0.6 is 23.5 Å². The lowest BCUT2D eigenvalue weighted by atomic mass is 9.80. The fourth-order valence-corrected chi connectivity index (χ4v) is 9.77. The summed E-state index contributed by atoms with van der Waals surface area (Å²) < 4.78 is 13.1. The number of aliphatic hydroxyl groups excluding tert-OH is 1. The summed E-state index contributed by atoms with van der Waals surface area (Å²) in [6.45, 7) is 5.93. The Balaban J connectivity index is 1.40. The Labute approximate surface area is 260 Å². The maximum Gasteiger partial charge on any atom is 0.143 e. The standard InChI is InChI=1S/C37H42O3S2/c1-29(26-39-27-31-16-7-3-8-17-31)37(41-24-15-25-42-37)30(2)35(38)28-40-36(32-18-9-4-10-19-32,33-20-11-5-12-21-33)34-22-13-6-14-23-34/h3-14,16-23,29-30,35,38H,15,24-28H2,1-2H3/t29-,30-,35+/m0/s1. The minimum atomic E-state index is -0.852. The molecule has 0 unspecified atom stereocenters. The molecule has 0 aromatic heterocycles. The summed E-state index contributed by atoms with van der Waals surface area (Å²) in [7, 11) is 0. The van der Waals surface area contributed by atoms with Crippen molar-refractivity contribution in [3.63, 3.8) is 0 Å². The Morgan fingerprint density at radius 3 is 1.62 bits per heavy atom. The van der Waals surface area contributed by atoms with Crippen LogP contribution < -0.4 is 0 Å². The molecule has 3 atom stereocenters. The molecule has 0 radical (unpaired) electrons. The van der Waals surface area contributed by atoms with Gasteiger partial charge in [0, 0.05) is 11.8 Å². The van der Waals surface area contributed by atoms with Gasteiger partial charge in [0.2, 0.25) is 0 Å². The van der Waals surface area contributed by atoms with Gasteiger partial charge in [0.25, 0.3) is 0 Å². The average Bonchev–Trinajstić information content (AvgIpc) is 3.07. The molecule has 5 heteroatoms. The molecule has 1 aliphatic heterocycles. The van der Waals surface area contributed by atoms with Crippen LogP contribution in [0, 0.1) is 11.8 Å². The van der Waals surface area contributed by atoms with Crippen molar-refractivity contribution in [2.24, 2.45) is 11.8 Å². The zero-order valence-corrected chi connectivity index (χ0v) is 26.2. The van der Waals surface area contributed by atoms with E-state index in [1.807, 2.05) is 47.8 Å². The molecule has 4 aromatic rings. The largest absolute Gasteiger partial charge is 0.390 e. The van der Waals surface area contributed by atoms with Gasteiger partial charge in [-0.05, 0) is 40.2 Å². The highest BCUT2D eigenvalue weighted by molar-refractivity contribution is 8.18. The quantitative estimate of drug-likeness (QED) is 0.156. The van der Waals surface area contributed by atoms with E-state index in [1.54, 1.807) is 0 Å². The van der Waals surface area contributed by atoms with Crippen LogP contribution in [0.4, 0.5) is 0 Å². The third-order valence-corrected chi connectivity index (χ3v) is 12.5. The zero-order chi connectivity index (χ0) is 29.3. The van der Waals surface area contributed by atoms with Crippen molar-refractivity contribution >= 4 is 23.5 Å². The van der Waals surface area contributed by atoms with Crippen molar-refractivity contribution in [1.82, 2.24) is 0 Å². The van der Waals surface area contributed by atoms with E-state index in [1.165, 1.54) is 12.0 Å². The molecule has 1 saturated heterocycles. The Kier molecular flexibility index (Phi) is 10.9. The number of hydrogen-bond donors (Lipinski definition) is 1. The number of aliphatic hydroxyl groups is 1. The average molecular weight is 599 g/mol. The van der Waals surface area contributed by atoms with Crippen LogP contribution in [0.5, 0.6) is 0 Å². The van der Waals surface area contributed by atoms with Gasteiger partial charge in [-0.1, -0.05) is 135 Å². The maximum absolute atomic E-state index is 11.9. The number of benzene rings is 4. The van der Waals surface area contributed by atoms with Crippen LogP contribution in [0.1, 0.15) is 42.5 Å². The molecule has 0 bridgehead atoms. The van der Waals surface area contributed by atoms with Crippen LogP contribution in [0.3, 0.4) is 0 Å². The van der Waals surface area contributed by atoms with Gasteiger partial charge in [-0.25, -0.2) is 0 Å². The van der Waals surface area contributed by atoms with Crippen molar-refractivity contribution in [1.29, 1.82) is 0 Å². The highest BCUT2D eigenvalue weighted by Crippen LogP contribution is 2.54. The molecule has 3 nitrogen and oxygen atoms in total. The second-order valence-corrected chi connectivity index (χ2v) is 14.1. The molecular weight excluding hydrogens is 557 g/mol. The lowest BCUT2D eigenvalue weighted by Gasteiger charge is -2.47. The number of thioether (sulfide) groups is 2. The molecule has 0 aliphatic carbocycles. The van der Waals surface area contributed by atoms with Crippen molar-refractivity contribution in [2.75, 3.05) is 24.7 Å². The van der Waals surface area contributed by atoms with Gasteiger partial charge in [-0.15, -0.1) is 23.5 Å². The summed E-state index contributed by atoms with van der Waals surface area (Å²) in [4.78, 5) is 0. The van der Waals surface area contributed by atoms with E-state index in [-0.39, 0.29) is 22.5 Å². The van der Waals surface area contributed by atoms with Gasteiger partial charge in [0.05, 0.1) is 30.0 Å². The third-order valence-electron chi connectivity index (χ3n) is 8.33. The highest BCUT2D eigenvalue weighted by Gasteiger charge is 2.47. The van der Waals surface area contributed by atoms with Gasteiger partial charge < -0.3 is 14.6 Å². The van der Waals surface area contributed by atoms with Crippen LogP contribution in [-0.2, 0) is 21.7 Å². The Morgan fingerprint density at radius 1 is 0.690 bits per heavy atom. The Bertz CT molecular complexity index is 1230. The van der Waals surface area contributed by atoms with E-state index in [2.05, 4.69) is 111 Å². The number of rotatable bonds is 13. The molecule has 1 aliphatic rings. The fourth-order valence-electron chi connectivity index (χ4n) is 6.00.